The van der Waals surface area contributed by atoms with Crippen LogP contribution >= 0.6 is 11.8 Å². The standard InChI is InChI=1S/C22H37N5O4S/c1-2-17(14-6-4-3-5-7-14)31-22(30)26-20(29)16-9-11-32-21(16)25-19(28)15-12-23-18-8-10-24-27(18)13-15/h14-18,21,23-24H,2-13H2,1H3,(H,25,28)(H,26,29,30). The van der Waals surface area contributed by atoms with Crippen LogP contribution < -0.4 is 21.4 Å². The van der Waals surface area contributed by atoms with E-state index in [0.29, 0.717) is 31.6 Å². The Morgan fingerprint density at radius 1 is 1.12 bits per heavy atom. The normalized spacial score (nSPS) is 32.2. The number of carbonyl (C=O) groups is 3. The van der Waals surface area contributed by atoms with E-state index in [2.05, 4.69) is 26.4 Å². The van der Waals surface area contributed by atoms with Crippen LogP contribution in [0.25, 0.3) is 0 Å². The van der Waals surface area contributed by atoms with Crippen LogP contribution in [0.15, 0.2) is 0 Å². The molecule has 32 heavy (non-hydrogen) atoms. The molecule has 10 heteroatoms. The molecular formula is C22H37N5O4S. The van der Waals surface area contributed by atoms with Gasteiger partial charge in [0.25, 0.3) is 0 Å². The van der Waals surface area contributed by atoms with Crippen LogP contribution in [0.2, 0.25) is 0 Å². The zero-order valence-corrected chi connectivity index (χ0v) is 19.8. The van der Waals surface area contributed by atoms with Crippen LogP contribution in [-0.4, -0.2) is 65.9 Å². The molecule has 3 aliphatic heterocycles. The molecule has 3 heterocycles. The first-order valence-corrected chi connectivity index (χ1v) is 13.3. The molecule has 5 unspecified atom stereocenters. The van der Waals surface area contributed by atoms with Gasteiger partial charge in [-0.3, -0.25) is 25.6 Å². The number of alkyl carbamates (subject to hydrolysis) is 1. The fourth-order valence-corrected chi connectivity index (χ4v) is 6.74. The molecule has 0 spiro atoms. The first kappa shape index (κ1) is 23.8. The molecule has 4 rings (SSSR count). The van der Waals surface area contributed by atoms with E-state index < -0.39 is 12.0 Å². The van der Waals surface area contributed by atoms with Gasteiger partial charge in [0.2, 0.25) is 11.8 Å². The lowest BCUT2D eigenvalue weighted by molar-refractivity contribution is -0.128. The van der Waals surface area contributed by atoms with Crippen molar-refractivity contribution in [1.29, 1.82) is 0 Å². The highest BCUT2D eigenvalue weighted by molar-refractivity contribution is 8.00. The lowest BCUT2D eigenvalue weighted by Crippen LogP contribution is -2.59. The highest BCUT2D eigenvalue weighted by Crippen LogP contribution is 2.32. The molecular weight excluding hydrogens is 430 g/mol. The molecule has 9 nitrogen and oxygen atoms in total. The van der Waals surface area contributed by atoms with E-state index in [4.69, 9.17) is 4.74 Å². The maximum atomic E-state index is 12.9. The summed E-state index contributed by atoms with van der Waals surface area (Å²) in [6.45, 7) is 4.23. The summed E-state index contributed by atoms with van der Waals surface area (Å²) < 4.78 is 5.64. The van der Waals surface area contributed by atoms with E-state index in [1.54, 1.807) is 11.8 Å². The number of amides is 3. The van der Waals surface area contributed by atoms with Crippen LogP contribution in [0.5, 0.6) is 0 Å². The van der Waals surface area contributed by atoms with Crippen molar-refractivity contribution in [2.75, 3.05) is 25.4 Å². The molecule has 4 fully saturated rings. The van der Waals surface area contributed by atoms with Crippen LogP contribution in [0, 0.1) is 17.8 Å². The maximum Gasteiger partial charge on any atom is 0.414 e. The number of nitrogens with zero attached hydrogens (tertiary/aromatic N) is 1. The summed E-state index contributed by atoms with van der Waals surface area (Å²) in [6, 6.07) is 0. The minimum Gasteiger partial charge on any atom is -0.446 e. The lowest BCUT2D eigenvalue weighted by atomic mass is 9.84. The van der Waals surface area contributed by atoms with Crippen molar-refractivity contribution in [3.63, 3.8) is 0 Å². The molecule has 5 atom stereocenters. The van der Waals surface area contributed by atoms with Crippen molar-refractivity contribution in [2.24, 2.45) is 17.8 Å². The molecule has 3 amide bonds. The Bertz CT molecular complexity index is 689. The fraction of sp³-hybridized carbons (Fsp3) is 0.864. The van der Waals surface area contributed by atoms with E-state index in [0.717, 1.165) is 38.0 Å². The minimum atomic E-state index is -0.656. The first-order chi connectivity index (χ1) is 15.5. The van der Waals surface area contributed by atoms with Crippen molar-refractivity contribution < 1.29 is 19.1 Å². The molecule has 0 aromatic heterocycles. The van der Waals surface area contributed by atoms with E-state index in [9.17, 15) is 14.4 Å². The van der Waals surface area contributed by atoms with Gasteiger partial charge < -0.3 is 10.1 Å². The molecule has 3 saturated heterocycles. The summed E-state index contributed by atoms with van der Waals surface area (Å²) in [4.78, 5) is 38.1. The predicted octanol–water partition coefficient (Wildman–Crippen LogP) is 1.55. The Hall–Kier alpha value is -1.36. The van der Waals surface area contributed by atoms with E-state index in [1.165, 1.54) is 19.3 Å². The van der Waals surface area contributed by atoms with Crippen LogP contribution in [0.3, 0.4) is 0 Å². The van der Waals surface area contributed by atoms with E-state index in [1.807, 2.05) is 6.92 Å². The Labute approximate surface area is 194 Å². The largest absolute Gasteiger partial charge is 0.446 e. The van der Waals surface area contributed by atoms with Gasteiger partial charge in [-0.1, -0.05) is 26.2 Å². The number of rotatable bonds is 6. The van der Waals surface area contributed by atoms with Gasteiger partial charge in [0.15, 0.2) is 0 Å². The minimum absolute atomic E-state index is 0.0484. The van der Waals surface area contributed by atoms with Gasteiger partial charge in [-0.05, 0) is 43.8 Å². The summed E-state index contributed by atoms with van der Waals surface area (Å²) in [6.07, 6.45) is 7.68. The molecule has 0 aromatic rings. The van der Waals surface area contributed by atoms with Gasteiger partial charge in [0.1, 0.15) is 6.10 Å². The predicted molar refractivity (Wildman–Crippen MR) is 122 cm³/mol. The molecule has 1 saturated carbocycles. The van der Waals surface area contributed by atoms with Crippen molar-refractivity contribution >= 4 is 29.7 Å². The van der Waals surface area contributed by atoms with Gasteiger partial charge in [0.05, 0.1) is 23.4 Å². The second-order valence-corrected chi connectivity index (χ2v) is 10.7. The molecule has 180 valence electrons. The Balaban J connectivity index is 1.25. The summed E-state index contributed by atoms with van der Waals surface area (Å²) in [5, 5.41) is 10.7. The summed E-state index contributed by atoms with van der Waals surface area (Å²) >= 11 is 1.56. The van der Waals surface area contributed by atoms with Crippen LogP contribution in [-0.2, 0) is 14.3 Å². The summed E-state index contributed by atoms with van der Waals surface area (Å²) in [7, 11) is 0. The Morgan fingerprint density at radius 2 is 1.94 bits per heavy atom. The zero-order chi connectivity index (χ0) is 22.5. The average molecular weight is 468 g/mol. The third-order valence-electron chi connectivity index (χ3n) is 7.27. The lowest BCUT2D eigenvalue weighted by Gasteiger charge is -2.35. The highest BCUT2D eigenvalue weighted by atomic mass is 32.2. The van der Waals surface area contributed by atoms with E-state index in [-0.39, 0.29) is 29.2 Å². The van der Waals surface area contributed by atoms with Crippen LogP contribution in [0.1, 0.15) is 58.3 Å². The second-order valence-electron chi connectivity index (χ2n) is 9.40. The molecule has 0 aromatic carbocycles. The van der Waals surface area contributed by atoms with Crippen molar-refractivity contribution in [3.8, 4) is 0 Å². The van der Waals surface area contributed by atoms with Crippen molar-refractivity contribution in [1.82, 2.24) is 26.4 Å². The molecule has 1 aliphatic carbocycles. The number of carbonyl (C=O) groups excluding carboxylic acids is 3. The SMILES string of the molecule is CCC(OC(=O)NC(=O)C1CCSC1NC(=O)C1CNC2CCNN2C1)C1CCCCC1. The first-order valence-electron chi connectivity index (χ1n) is 12.2. The van der Waals surface area contributed by atoms with Crippen molar-refractivity contribution in [3.05, 3.63) is 0 Å². The van der Waals surface area contributed by atoms with Gasteiger partial charge in [-0.2, -0.15) is 0 Å². The monoisotopic (exact) mass is 467 g/mol. The van der Waals surface area contributed by atoms with Gasteiger partial charge in [-0.25, -0.2) is 9.80 Å². The summed E-state index contributed by atoms with van der Waals surface area (Å²) in [5.74, 6) is 0.154. The number of nitrogens with one attached hydrogen (secondary N) is 4. The number of hydrogen-bond donors (Lipinski definition) is 4. The number of ether oxygens (including phenoxy) is 1. The molecule has 0 radical (unpaired) electrons. The van der Waals surface area contributed by atoms with Gasteiger partial charge >= 0.3 is 6.09 Å². The van der Waals surface area contributed by atoms with Gasteiger partial charge in [-0.15, -0.1) is 11.8 Å². The number of thioether (sulfide) groups is 1. The molecule has 4 N–H and O–H groups in total. The Morgan fingerprint density at radius 3 is 2.72 bits per heavy atom. The fourth-order valence-electron chi connectivity index (χ4n) is 5.41. The van der Waals surface area contributed by atoms with Crippen molar-refractivity contribution in [2.45, 2.75) is 75.9 Å². The second kappa shape index (κ2) is 11.2. The third kappa shape index (κ3) is 5.76. The maximum absolute atomic E-state index is 12.9. The average Bonchev–Trinajstić information content (AvgIpc) is 3.46. The number of hydrazine groups is 1. The zero-order valence-electron chi connectivity index (χ0n) is 18.9. The number of hydrogen-bond acceptors (Lipinski definition) is 8. The van der Waals surface area contributed by atoms with E-state index >= 15 is 0 Å². The smallest absolute Gasteiger partial charge is 0.414 e. The van der Waals surface area contributed by atoms with Crippen LogP contribution in [0.4, 0.5) is 4.79 Å². The molecule has 0 bridgehead atoms. The Kier molecular flexibility index (Phi) is 8.31. The number of fused-ring (bicyclic) bond motifs is 1. The highest BCUT2D eigenvalue weighted by Gasteiger charge is 2.39. The number of imide groups is 1. The third-order valence-corrected chi connectivity index (χ3v) is 8.55. The van der Waals surface area contributed by atoms with Gasteiger partial charge in [0, 0.05) is 19.6 Å². The summed E-state index contributed by atoms with van der Waals surface area (Å²) in [5.41, 5.74) is 3.30. The molecule has 4 aliphatic rings. The quantitative estimate of drug-likeness (QED) is 0.466. The topological polar surface area (TPSA) is 112 Å².